The number of fused-ring (bicyclic) bond motifs is 2. The predicted octanol–water partition coefficient (Wildman–Crippen LogP) is 0.794. The summed E-state index contributed by atoms with van der Waals surface area (Å²) in [4.78, 5) is 0. The van der Waals surface area contributed by atoms with Crippen molar-refractivity contribution in [3.8, 4) is 0 Å². The average molecular weight is 244 g/mol. The van der Waals surface area contributed by atoms with Crippen LogP contribution in [0.25, 0.3) is 0 Å². The maximum Gasteiger partial charge on any atom is 0.198 e. The van der Waals surface area contributed by atoms with E-state index in [0.717, 1.165) is 19.3 Å². The molecule has 4 atom stereocenters. The summed E-state index contributed by atoms with van der Waals surface area (Å²) in [6, 6.07) is 0. The van der Waals surface area contributed by atoms with Crippen LogP contribution in [0.2, 0.25) is 0 Å². The van der Waals surface area contributed by atoms with Crippen LogP contribution >= 0.6 is 0 Å². The van der Waals surface area contributed by atoms with Crippen molar-refractivity contribution in [2.24, 2.45) is 0 Å². The molecule has 0 aliphatic carbocycles. The van der Waals surface area contributed by atoms with Crippen molar-refractivity contribution in [3.63, 3.8) is 0 Å². The van der Waals surface area contributed by atoms with E-state index in [1.807, 2.05) is 13.8 Å². The Morgan fingerprint density at radius 2 is 2.00 bits per heavy atom. The van der Waals surface area contributed by atoms with Crippen molar-refractivity contribution in [3.05, 3.63) is 0 Å². The summed E-state index contributed by atoms with van der Waals surface area (Å²) < 4.78 is 23.4. The van der Waals surface area contributed by atoms with Crippen LogP contribution < -0.4 is 0 Å². The fraction of sp³-hybridized carbons (Fsp3) is 1.00. The Bertz CT molecular complexity index is 297. The highest BCUT2D eigenvalue weighted by molar-refractivity contribution is 5.03. The van der Waals surface area contributed by atoms with Crippen LogP contribution in [-0.4, -0.2) is 48.2 Å². The van der Waals surface area contributed by atoms with Gasteiger partial charge in [-0.05, 0) is 26.7 Å². The van der Waals surface area contributed by atoms with Crippen LogP contribution in [0.15, 0.2) is 0 Å². The van der Waals surface area contributed by atoms with Crippen molar-refractivity contribution in [1.29, 1.82) is 0 Å². The predicted molar refractivity (Wildman–Crippen MR) is 58.3 cm³/mol. The first-order valence-electron chi connectivity index (χ1n) is 6.35. The zero-order chi connectivity index (χ0) is 12.1. The van der Waals surface area contributed by atoms with Gasteiger partial charge in [-0.3, -0.25) is 0 Å². The van der Waals surface area contributed by atoms with E-state index in [1.54, 1.807) is 0 Å². The highest BCUT2D eigenvalue weighted by Gasteiger charge is 2.63. The number of aliphatic hydroxyl groups is 1. The molecule has 0 amide bonds. The van der Waals surface area contributed by atoms with Crippen molar-refractivity contribution >= 4 is 0 Å². The second kappa shape index (κ2) is 3.90. The molecule has 0 aromatic heterocycles. The molecule has 1 N–H and O–H groups in total. The first-order valence-corrected chi connectivity index (χ1v) is 6.35. The summed E-state index contributed by atoms with van der Waals surface area (Å²) in [5.41, 5.74) is 0. The molecule has 5 nitrogen and oxygen atoms in total. The smallest absolute Gasteiger partial charge is 0.198 e. The van der Waals surface area contributed by atoms with E-state index < -0.39 is 11.6 Å². The third-order valence-electron chi connectivity index (χ3n) is 3.73. The van der Waals surface area contributed by atoms with E-state index in [9.17, 15) is 5.11 Å². The van der Waals surface area contributed by atoms with Crippen LogP contribution in [-0.2, 0) is 18.9 Å². The van der Waals surface area contributed by atoms with Crippen molar-refractivity contribution in [2.45, 2.75) is 63.0 Å². The molecule has 0 unspecified atom stereocenters. The SMILES string of the molecule is CC1(C)O[C@H]2[C@@H](O1)[C@@]1(CCCCO1)O[C@@H]2CO. The van der Waals surface area contributed by atoms with Gasteiger partial charge in [0.1, 0.15) is 18.3 Å². The first kappa shape index (κ1) is 11.9. The van der Waals surface area contributed by atoms with Crippen LogP contribution in [0.4, 0.5) is 0 Å². The molecule has 0 radical (unpaired) electrons. The Morgan fingerprint density at radius 1 is 1.18 bits per heavy atom. The number of hydrogen-bond donors (Lipinski definition) is 1. The Kier molecular flexibility index (Phi) is 2.72. The summed E-state index contributed by atoms with van der Waals surface area (Å²) in [5, 5.41) is 9.38. The summed E-state index contributed by atoms with van der Waals surface area (Å²) in [6.45, 7) is 4.39. The molecule has 3 aliphatic rings. The largest absolute Gasteiger partial charge is 0.394 e. The highest BCUT2D eigenvalue weighted by Crippen LogP contribution is 2.47. The number of hydrogen-bond acceptors (Lipinski definition) is 5. The Labute approximate surface area is 101 Å². The minimum absolute atomic E-state index is 0.0638. The molecule has 98 valence electrons. The van der Waals surface area contributed by atoms with Crippen LogP contribution in [0.5, 0.6) is 0 Å². The fourth-order valence-corrected chi connectivity index (χ4v) is 3.04. The van der Waals surface area contributed by atoms with E-state index in [-0.39, 0.29) is 24.9 Å². The fourth-order valence-electron chi connectivity index (χ4n) is 3.04. The van der Waals surface area contributed by atoms with Gasteiger partial charge in [0, 0.05) is 6.42 Å². The van der Waals surface area contributed by atoms with Crippen LogP contribution in [0, 0.1) is 0 Å². The summed E-state index contributed by atoms with van der Waals surface area (Å²) in [7, 11) is 0. The van der Waals surface area contributed by atoms with E-state index in [2.05, 4.69) is 0 Å². The highest BCUT2D eigenvalue weighted by atomic mass is 16.8. The number of rotatable bonds is 1. The zero-order valence-electron chi connectivity index (χ0n) is 10.3. The Hall–Kier alpha value is -0.200. The molecule has 1 spiro atoms. The van der Waals surface area contributed by atoms with Gasteiger partial charge in [-0.2, -0.15) is 0 Å². The average Bonchev–Trinajstić information content (AvgIpc) is 2.75. The third kappa shape index (κ3) is 1.81. The lowest BCUT2D eigenvalue weighted by Gasteiger charge is -2.37. The van der Waals surface area contributed by atoms with Gasteiger partial charge in [0.2, 0.25) is 0 Å². The molecular weight excluding hydrogens is 224 g/mol. The molecule has 3 fully saturated rings. The van der Waals surface area contributed by atoms with E-state index in [0.29, 0.717) is 6.61 Å². The van der Waals surface area contributed by atoms with Crippen LogP contribution in [0.3, 0.4) is 0 Å². The van der Waals surface area contributed by atoms with Crippen molar-refractivity contribution in [1.82, 2.24) is 0 Å². The van der Waals surface area contributed by atoms with Gasteiger partial charge < -0.3 is 24.1 Å². The van der Waals surface area contributed by atoms with Gasteiger partial charge >= 0.3 is 0 Å². The zero-order valence-corrected chi connectivity index (χ0v) is 10.3. The molecule has 0 bridgehead atoms. The summed E-state index contributed by atoms with van der Waals surface area (Å²) in [6.07, 6.45) is 2.12. The lowest BCUT2D eigenvalue weighted by Crippen LogP contribution is -2.47. The molecule has 3 saturated heterocycles. The molecule has 17 heavy (non-hydrogen) atoms. The second-order valence-corrected chi connectivity index (χ2v) is 5.48. The minimum atomic E-state index is -0.704. The second-order valence-electron chi connectivity index (χ2n) is 5.48. The summed E-state index contributed by atoms with van der Waals surface area (Å²) in [5.74, 6) is -1.33. The molecular formula is C12H20O5. The number of aliphatic hydroxyl groups excluding tert-OH is 1. The number of ether oxygens (including phenoxy) is 4. The van der Waals surface area contributed by atoms with Gasteiger partial charge in [0.05, 0.1) is 13.2 Å². The molecule has 3 rings (SSSR count). The standard InChI is InChI=1S/C12H20O5/c1-11(2)16-9-8(7-13)15-12(10(9)17-11)5-3-4-6-14-12/h8-10,13H,3-7H2,1-2H3/t8-,9-,10-,12-/m1/s1. The molecule has 3 aliphatic heterocycles. The minimum Gasteiger partial charge on any atom is -0.394 e. The van der Waals surface area contributed by atoms with Crippen molar-refractivity contribution < 1.29 is 24.1 Å². The lowest BCUT2D eigenvalue weighted by atomic mass is 9.98. The molecule has 0 aromatic carbocycles. The lowest BCUT2D eigenvalue weighted by molar-refractivity contribution is -0.306. The van der Waals surface area contributed by atoms with E-state index in [4.69, 9.17) is 18.9 Å². The van der Waals surface area contributed by atoms with Crippen molar-refractivity contribution in [2.75, 3.05) is 13.2 Å². The monoisotopic (exact) mass is 244 g/mol. The maximum atomic E-state index is 9.38. The van der Waals surface area contributed by atoms with Gasteiger partial charge in [0.15, 0.2) is 11.6 Å². The molecule has 5 heteroatoms. The van der Waals surface area contributed by atoms with Gasteiger partial charge in [-0.25, -0.2) is 0 Å². The van der Waals surface area contributed by atoms with E-state index >= 15 is 0 Å². The van der Waals surface area contributed by atoms with Crippen LogP contribution in [0.1, 0.15) is 33.1 Å². The Balaban J connectivity index is 1.87. The molecule has 0 aromatic rings. The first-order chi connectivity index (χ1) is 8.06. The third-order valence-corrected chi connectivity index (χ3v) is 3.73. The van der Waals surface area contributed by atoms with Gasteiger partial charge in [-0.1, -0.05) is 0 Å². The maximum absolute atomic E-state index is 9.38. The van der Waals surface area contributed by atoms with Gasteiger partial charge in [0.25, 0.3) is 0 Å². The molecule has 3 heterocycles. The van der Waals surface area contributed by atoms with Gasteiger partial charge in [-0.15, -0.1) is 0 Å². The quantitative estimate of drug-likeness (QED) is 0.739. The molecule has 0 saturated carbocycles. The summed E-state index contributed by atoms with van der Waals surface area (Å²) >= 11 is 0. The Morgan fingerprint density at radius 3 is 2.65 bits per heavy atom. The topological polar surface area (TPSA) is 57.2 Å². The normalized spacial score (nSPS) is 48.5. The van der Waals surface area contributed by atoms with E-state index in [1.165, 1.54) is 0 Å².